The molecule has 0 unspecified atom stereocenters. The Labute approximate surface area is 250 Å². The lowest BCUT2D eigenvalue weighted by molar-refractivity contribution is -0.704. The molecule has 0 spiro atoms. The molecule has 0 bridgehead atoms. The summed E-state index contributed by atoms with van der Waals surface area (Å²) in [5, 5.41) is 0. The first-order valence-electron chi connectivity index (χ1n) is 18.0. The first-order valence-corrected chi connectivity index (χ1v) is 18.0. The van der Waals surface area contributed by atoms with Gasteiger partial charge in [-0.2, -0.15) is 4.57 Å². The zero-order valence-electron chi connectivity index (χ0n) is 27.0. The fraction of sp³-hybridized carbons (Fsp3) is 0.763. The second-order valence-electron chi connectivity index (χ2n) is 12.5. The summed E-state index contributed by atoms with van der Waals surface area (Å²) in [6.45, 7) is 5.78. The highest BCUT2D eigenvalue weighted by Gasteiger charge is 2.18. The van der Waals surface area contributed by atoms with E-state index in [-0.39, 0.29) is 0 Å². The average molecular weight is 552 g/mol. The zero-order valence-corrected chi connectivity index (χ0v) is 27.0. The van der Waals surface area contributed by atoms with Crippen LogP contribution >= 0.6 is 0 Å². The van der Waals surface area contributed by atoms with Crippen LogP contribution in [0.15, 0.2) is 42.7 Å². The van der Waals surface area contributed by atoms with Crippen molar-refractivity contribution in [1.82, 2.24) is 4.57 Å². The Bertz CT molecular complexity index is 793. The lowest BCUT2D eigenvalue weighted by Crippen LogP contribution is -2.37. The molecular formula is C38H67N2+. The maximum atomic E-state index is 2.56. The van der Waals surface area contributed by atoms with E-state index in [1.165, 1.54) is 185 Å². The van der Waals surface area contributed by atoms with Crippen molar-refractivity contribution in [1.29, 1.82) is 0 Å². The van der Waals surface area contributed by atoms with Crippen LogP contribution in [0.4, 0.5) is 0 Å². The standard InChI is InChI=1S/C38H67N2/c1-3-5-7-9-11-13-15-17-18-20-22-24-29-33-38-39(35-36-40(38)37-31-27-26-28-32-37)34-30-25-23-21-19-16-14-12-10-8-6-4-2/h26-28,31-32,35-36H,3-25,29-30,33-34H2,1-2H3/q+1. The van der Waals surface area contributed by atoms with Crippen molar-refractivity contribution in [2.45, 2.75) is 187 Å². The Kier molecular flexibility index (Phi) is 21.8. The molecule has 1 heterocycles. The van der Waals surface area contributed by atoms with Crippen molar-refractivity contribution in [2.75, 3.05) is 0 Å². The second-order valence-corrected chi connectivity index (χ2v) is 12.5. The first-order chi connectivity index (χ1) is 19.9. The number of aromatic nitrogens is 2. The van der Waals surface area contributed by atoms with Crippen molar-refractivity contribution < 1.29 is 4.57 Å². The molecule has 2 heteroatoms. The number of hydrogen-bond acceptors (Lipinski definition) is 0. The highest BCUT2D eigenvalue weighted by Crippen LogP contribution is 2.16. The quantitative estimate of drug-likeness (QED) is 0.0734. The minimum Gasteiger partial charge on any atom is -0.234 e. The number of imidazole rings is 1. The van der Waals surface area contributed by atoms with Crippen LogP contribution in [0.2, 0.25) is 0 Å². The summed E-state index contributed by atoms with van der Waals surface area (Å²) in [5.74, 6) is 1.50. The summed E-state index contributed by atoms with van der Waals surface area (Å²) < 4.78 is 5.00. The molecular weight excluding hydrogens is 484 g/mol. The van der Waals surface area contributed by atoms with Crippen molar-refractivity contribution in [3.63, 3.8) is 0 Å². The Balaban J connectivity index is 1.61. The molecule has 1 aromatic heterocycles. The zero-order chi connectivity index (χ0) is 28.4. The lowest BCUT2D eigenvalue weighted by atomic mass is 10.0. The van der Waals surface area contributed by atoms with E-state index < -0.39 is 0 Å². The van der Waals surface area contributed by atoms with Gasteiger partial charge in [0.1, 0.15) is 18.1 Å². The predicted molar refractivity (Wildman–Crippen MR) is 176 cm³/mol. The summed E-state index contributed by atoms with van der Waals surface area (Å²) in [6.07, 6.45) is 41.3. The molecule has 0 fully saturated rings. The van der Waals surface area contributed by atoms with Gasteiger partial charge in [-0.15, -0.1) is 0 Å². The molecule has 0 atom stereocenters. The maximum absolute atomic E-state index is 2.56. The third kappa shape index (κ3) is 16.6. The molecule has 40 heavy (non-hydrogen) atoms. The normalized spacial score (nSPS) is 11.4. The minimum absolute atomic E-state index is 1.17. The smallest absolute Gasteiger partial charge is 0.234 e. The molecule has 0 saturated heterocycles. The van der Waals surface area contributed by atoms with Crippen LogP contribution in [0.3, 0.4) is 0 Å². The Morgan fingerprint density at radius 3 is 1.32 bits per heavy atom. The molecule has 1 aromatic carbocycles. The van der Waals surface area contributed by atoms with Gasteiger partial charge in [-0.3, -0.25) is 0 Å². The molecule has 228 valence electrons. The molecule has 0 N–H and O–H groups in total. The predicted octanol–water partition coefficient (Wildman–Crippen LogP) is 12.1. The van der Waals surface area contributed by atoms with Gasteiger partial charge >= 0.3 is 0 Å². The monoisotopic (exact) mass is 552 g/mol. The SMILES string of the molecule is CCCCCCCCCCCCCCCc1n(-c2ccccc2)cc[n+]1CCCCCCCCCCCCCC. The van der Waals surface area contributed by atoms with Gasteiger partial charge in [-0.1, -0.05) is 173 Å². The van der Waals surface area contributed by atoms with Crippen LogP contribution in [-0.2, 0) is 13.0 Å². The largest absolute Gasteiger partial charge is 0.261 e. The molecule has 0 aliphatic carbocycles. The highest BCUT2D eigenvalue weighted by molar-refractivity contribution is 5.31. The third-order valence-electron chi connectivity index (χ3n) is 8.80. The van der Waals surface area contributed by atoms with Gasteiger partial charge in [-0.25, -0.2) is 4.57 Å². The number of benzene rings is 1. The van der Waals surface area contributed by atoms with E-state index in [1.807, 2.05) is 0 Å². The van der Waals surface area contributed by atoms with Crippen molar-refractivity contribution in [2.24, 2.45) is 0 Å². The van der Waals surface area contributed by atoms with Crippen LogP contribution in [0.25, 0.3) is 5.69 Å². The minimum atomic E-state index is 1.17. The highest BCUT2D eigenvalue weighted by atomic mass is 15.1. The Morgan fingerprint density at radius 2 is 0.875 bits per heavy atom. The molecule has 2 nitrogen and oxygen atoms in total. The second kappa shape index (κ2) is 25.2. The van der Waals surface area contributed by atoms with Crippen LogP contribution < -0.4 is 4.57 Å². The van der Waals surface area contributed by atoms with Crippen LogP contribution in [0.1, 0.15) is 180 Å². The van der Waals surface area contributed by atoms with E-state index in [4.69, 9.17) is 0 Å². The first kappa shape index (κ1) is 34.6. The lowest BCUT2D eigenvalue weighted by Gasteiger charge is -2.07. The van der Waals surface area contributed by atoms with Crippen molar-refractivity contribution in [3.8, 4) is 5.69 Å². The fourth-order valence-electron chi connectivity index (χ4n) is 6.17. The van der Waals surface area contributed by atoms with E-state index in [9.17, 15) is 0 Å². The van der Waals surface area contributed by atoms with Crippen LogP contribution in [-0.4, -0.2) is 4.57 Å². The van der Waals surface area contributed by atoms with E-state index in [2.05, 4.69) is 65.7 Å². The van der Waals surface area contributed by atoms with Gasteiger partial charge in [-0.05, 0) is 31.4 Å². The fourth-order valence-corrected chi connectivity index (χ4v) is 6.17. The van der Waals surface area contributed by atoms with Gasteiger partial charge in [0.2, 0.25) is 0 Å². The summed E-state index contributed by atoms with van der Waals surface area (Å²) in [5.41, 5.74) is 1.31. The number of rotatable bonds is 28. The average Bonchev–Trinajstić information content (AvgIpc) is 3.39. The summed E-state index contributed by atoms with van der Waals surface area (Å²) >= 11 is 0. The molecule has 0 aliphatic rings. The van der Waals surface area contributed by atoms with Crippen LogP contribution in [0, 0.1) is 0 Å². The van der Waals surface area contributed by atoms with E-state index in [1.54, 1.807) is 0 Å². The molecule has 0 amide bonds. The van der Waals surface area contributed by atoms with Crippen molar-refractivity contribution >= 4 is 0 Å². The third-order valence-corrected chi connectivity index (χ3v) is 8.80. The number of aryl methyl sites for hydroxylation is 1. The molecule has 2 rings (SSSR count). The van der Waals surface area contributed by atoms with Crippen molar-refractivity contribution in [3.05, 3.63) is 48.5 Å². The number of hydrogen-bond donors (Lipinski definition) is 0. The van der Waals surface area contributed by atoms with Gasteiger partial charge in [0.25, 0.3) is 5.82 Å². The molecule has 0 saturated carbocycles. The topological polar surface area (TPSA) is 8.81 Å². The van der Waals surface area contributed by atoms with E-state index >= 15 is 0 Å². The molecule has 0 radical (unpaired) electrons. The summed E-state index contributed by atoms with van der Waals surface area (Å²) in [4.78, 5) is 0. The summed E-state index contributed by atoms with van der Waals surface area (Å²) in [7, 11) is 0. The van der Waals surface area contributed by atoms with Crippen LogP contribution in [0.5, 0.6) is 0 Å². The van der Waals surface area contributed by atoms with E-state index in [0.29, 0.717) is 0 Å². The van der Waals surface area contributed by atoms with Gasteiger partial charge in [0, 0.05) is 6.42 Å². The maximum Gasteiger partial charge on any atom is 0.261 e. The molecule has 2 aromatic rings. The molecule has 0 aliphatic heterocycles. The van der Waals surface area contributed by atoms with E-state index in [0.717, 1.165) is 0 Å². The number of nitrogens with zero attached hydrogens (tertiary/aromatic N) is 2. The van der Waals surface area contributed by atoms with Gasteiger partial charge in [0.15, 0.2) is 0 Å². The van der Waals surface area contributed by atoms with Gasteiger partial charge in [0.05, 0.1) is 6.54 Å². The van der Waals surface area contributed by atoms with Gasteiger partial charge < -0.3 is 0 Å². The number of unbranched alkanes of at least 4 members (excludes halogenated alkanes) is 23. The Morgan fingerprint density at radius 1 is 0.475 bits per heavy atom. The summed E-state index contributed by atoms with van der Waals surface area (Å²) in [6, 6.07) is 11.0. The Hall–Kier alpha value is -1.57. The number of para-hydroxylation sites is 1.